The number of carbonyl (C=O) groups is 1. The summed E-state index contributed by atoms with van der Waals surface area (Å²) in [4.78, 5) is 21.1. The van der Waals surface area contributed by atoms with E-state index in [0.717, 1.165) is 47.4 Å². The van der Waals surface area contributed by atoms with Crippen LogP contribution < -0.4 is 15.4 Å². The van der Waals surface area contributed by atoms with Gasteiger partial charge in [0.05, 0.1) is 24.2 Å². The fourth-order valence-corrected chi connectivity index (χ4v) is 4.84. The Morgan fingerprint density at radius 3 is 2.71 bits per heavy atom. The van der Waals surface area contributed by atoms with E-state index in [1.165, 1.54) is 11.1 Å². The van der Waals surface area contributed by atoms with Crippen molar-refractivity contribution in [3.05, 3.63) is 95.3 Å². The Labute approximate surface area is 199 Å². The van der Waals surface area contributed by atoms with Crippen LogP contribution in [0.3, 0.4) is 0 Å². The summed E-state index contributed by atoms with van der Waals surface area (Å²) >= 11 is 0. The van der Waals surface area contributed by atoms with Crippen molar-refractivity contribution >= 4 is 17.1 Å². The van der Waals surface area contributed by atoms with E-state index in [1.807, 2.05) is 48.5 Å². The number of H-pyrrole nitrogens is 1. The minimum absolute atomic E-state index is 0.179. The number of benzene rings is 3. The highest BCUT2D eigenvalue weighted by molar-refractivity contribution is 5.76. The average molecular weight is 455 g/mol. The minimum atomic E-state index is -0.292. The van der Waals surface area contributed by atoms with Crippen molar-refractivity contribution < 1.29 is 9.53 Å². The fourth-order valence-electron chi connectivity index (χ4n) is 4.84. The summed E-state index contributed by atoms with van der Waals surface area (Å²) in [6.07, 6.45) is 3.98. The van der Waals surface area contributed by atoms with Crippen molar-refractivity contribution in [3.63, 3.8) is 0 Å². The first-order valence-corrected chi connectivity index (χ1v) is 11.9. The number of methoxy groups -OCH3 is 1. The number of aromatic nitrogens is 2. The monoisotopic (exact) mass is 454 g/mol. The van der Waals surface area contributed by atoms with Crippen LogP contribution in [0, 0.1) is 0 Å². The molecule has 1 aromatic heterocycles. The standard InChI is InChI=1S/C28H30N4O2/c1-34-22-15-13-19(14-16-22)17-26(27-30-24-11-4-5-12-25(24)31-27)32-28(33)29-18-21-9-6-8-20-7-2-3-10-23(20)21/h2-5,7,10-16,21,26H,6,8-9,17-18H2,1H3,(H,30,31)(H2,29,32,33)/t21?,26-/m1/s1. The molecule has 0 bridgehead atoms. The Morgan fingerprint density at radius 2 is 1.88 bits per heavy atom. The highest BCUT2D eigenvalue weighted by Crippen LogP contribution is 2.31. The summed E-state index contributed by atoms with van der Waals surface area (Å²) in [5, 5.41) is 6.28. The molecule has 0 saturated carbocycles. The van der Waals surface area contributed by atoms with Crippen LogP contribution in [0.25, 0.3) is 11.0 Å². The smallest absolute Gasteiger partial charge is 0.315 e. The maximum atomic E-state index is 13.0. The number of urea groups is 1. The predicted octanol–water partition coefficient (Wildman–Crippen LogP) is 5.27. The molecule has 2 atom stereocenters. The van der Waals surface area contributed by atoms with Crippen LogP contribution in [-0.4, -0.2) is 29.7 Å². The lowest BCUT2D eigenvalue weighted by Crippen LogP contribution is -2.41. The van der Waals surface area contributed by atoms with Crippen molar-refractivity contribution in [2.24, 2.45) is 0 Å². The maximum Gasteiger partial charge on any atom is 0.315 e. The van der Waals surface area contributed by atoms with Crippen LogP contribution in [-0.2, 0) is 12.8 Å². The van der Waals surface area contributed by atoms with Crippen LogP contribution >= 0.6 is 0 Å². The third kappa shape index (κ3) is 4.91. The topological polar surface area (TPSA) is 79.0 Å². The number of fused-ring (bicyclic) bond motifs is 2. The zero-order chi connectivity index (χ0) is 23.3. The summed E-state index contributed by atoms with van der Waals surface area (Å²) in [5.41, 5.74) is 5.70. The van der Waals surface area contributed by atoms with E-state index in [4.69, 9.17) is 9.72 Å². The van der Waals surface area contributed by atoms with E-state index in [2.05, 4.69) is 39.9 Å². The number of aromatic amines is 1. The van der Waals surface area contributed by atoms with Crippen molar-refractivity contribution in [1.29, 1.82) is 0 Å². The van der Waals surface area contributed by atoms with E-state index < -0.39 is 0 Å². The number of rotatable bonds is 7. The summed E-state index contributed by atoms with van der Waals surface area (Å²) in [6.45, 7) is 0.623. The number of hydrogen-bond donors (Lipinski definition) is 3. The second kappa shape index (κ2) is 10.00. The molecule has 0 fully saturated rings. The van der Waals surface area contributed by atoms with Crippen LogP contribution in [0.5, 0.6) is 5.75 Å². The van der Waals surface area contributed by atoms with Gasteiger partial charge in [-0.15, -0.1) is 0 Å². The predicted molar refractivity (Wildman–Crippen MR) is 134 cm³/mol. The number of hydrogen-bond acceptors (Lipinski definition) is 3. The average Bonchev–Trinajstić information content (AvgIpc) is 3.32. The molecule has 6 heteroatoms. The van der Waals surface area contributed by atoms with Gasteiger partial charge in [-0.3, -0.25) is 0 Å². The molecule has 1 aliphatic carbocycles. The van der Waals surface area contributed by atoms with Crippen molar-refractivity contribution in [1.82, 2.24) is 20.6 Å². The van der Waals surface area contributed by atoms with Gasteiger partial charge in [0.15, 0.2) is 0 Å². The number of nitrogens with zero attached hydrogens (tertiary/aromatic N) is 1. The molecule has 3 N–H and O–H groups in total. The van der Waals surface area contributed by atoms with Crippen molar-refractivity contribution in [3.8, 4) is 5.75 Å². The fraction of sp³-hybridized carbons (Fsp3) is 0.286. The number of carbonyl (C=O) groups excluding carboxylic acids is 1. The number of ether oxygens (including phenoxy) is 1. The molecule has 2 amide bonds. The third-order valence-corrected chi connectivity index (χ3v) is 6.64. The molecule has 6 nitrogen and oxygen atoms in total. The first-order valence-electron chi connectivity index (χ1n) is 11.9. The van der Waals surface area contributed by atoms with Crippen molar-refractivity contribution in [2.75, 3.05) is 13.7 Å². The van der Waals surface area contributed by atoms with Crippen LogP contribution in [0.15, 0.2) is 72.8 Å². The Bertz CT molecular complexity index is 1230. The highest BCUT2D eigenvalue weighted by Gasteiger charge is 2.22. The molecule has 5 rings (SSSR count). The van der Waals surface area contributed by atoms with Crippen LogP contribution in [0.4, 0.5) is 4.79 Å². The van der Waals surface area contributed by atoms with E-state index in [-0.39, 0.29) is 12.1 Å². The molecule has 1 aliphatic rings. The molecular weight excluding hydrogens is 424 g/mol. The molecule has 1 unspecified atom stereocenters. The van der Waals surface area contributed by atoms with Crippen molar-refractivity contribution in [2.45, 2.75) is 37.6 Å². The van der Waals surface area contributed by atoms with Gasteiger partial charge in [-0.05, 0) is 66.6 Å². The van der Waals surface area contributed by atoms with Gasteiger partial charge in [-0.25, -0.2) is 9.78 Å². The minimum Gasteiger partial charge on any atom is -0.497 e. The quantitative estimate of drug-likeness (QED) is 0.356. The summed E-state index contributed by atoms with van der Waals surface area (Å²) in [7, 11) is 1.66. The van der Waals surface area contributed by atoms with E-state index in [0.29, 0.717) is 18.9 Å². The molecule has 34 heavy (non-hydrogen) atoms. The van der Waals surface area contributed by atoms with E-state index >= 15 is 0 Å². The van der Waals surface area contributed by atoms with E-state index in [1.54, 1.807) is 7.11 Å². The van der Waals surface area contributed by atoms with E-state index in [9.17, 15) is 4.79 Å². The lowest BCUT2D eigenvalue weighted by atomic mass is 9.83. The molecule has 0 saturated heterocycles. The van der Waals surface area contributed by atoms with Crippen LogP contribution in [0.2, 0.25) is 0 Å². The molecule has 0 radical (unpaired) electrons. The lowest BCUT2D eigenvalue weighted by molar-refractivity contribution is 0.235. The molecular formula is C28H30N4O2. The number of aryl methyl sites for hydroxylation is 1. The van der Waals surface area contributed by atoms with Gasteiger partial charge >= 0.3 is 6.03 Å². The summed E-state index contributed by atoms with van der Waals surface area (Å²) in [5.74, 6) is 1.90. The van der Waals surface area contributed by atoms with Gasteiger partial charge in [0.2, 0.25) is 0 Å². The van der Waals surface area contributed by atoms with Gasteiger partial charge in [-0.1, -0.05) is 48.5 Å². The SMILES string of the molecule is COc1ccc(C[C@@H](NC(=O)NCC2CCCc3ccccc32)c2nc3ccccc3[nH]2)cc1. The summed E-state index contributed by atoms with van der Waals surface area (Å²) < 4.78 is 5.28. The Morgan fingerprint density at radius 1 is 1.09 bits per heavy atom. The van der Waals surface area contributed by atoms with Gasteiger partial charge in [-0.2, -0.15) is 0 Å². The molecule has 0 aliphatic heterocycles. The molecule has 1 heterocycles. The molecule has 4 aromatic rings. The number of amides is 2. The number of nitrogens with one attached hydrogen (secondary N) is 3. The first kappa shape index (κ1) is 22.0. The zero-order valence-corrected chi connectivity index (χ0v) is 19.4. The Kier molecular flexibility index (Phi) is 6.47. The second-order valence-corrected chi connectivity index (χ2v) is 8.89. The van der Waals surface area contributed by atoms with Gasteiger partial charge in [0.25, 0.3) is 0 Å². The third-order valence-electron chi connectivity index (χ3n) is 6.64. The normalized spacial score (nSPS) is 16.0. The first-order chi connectivity index (χ1) is 16.7. The summed E-state index contributed by atoms with van der Waals surface area (Å²) in [6, 6.07) is 23.9. The Balaban J connectivity index is 1.31. The second-order valence-electron chi connectivity index (χ2n) is 8.89. The Hall–Kier alpha value is -3.80. The highest BCUT2D eigenvalue weighted by atomic mass is 16.5. The van der Waals surface area contributed by atoms with Gasteiger partial charge in [0.1, 0.15) is 11.6 Å². The number of imidazole rings is 1. The zero-order valence-electron chi connectivity index (χ0n) is 19.4. The van der Waals surface area contributed by atoms with Crippen LogP contribution in [0.1, 0.15) is 47.3 Å². The molecule has 3 aromatic carbocycles. The lowest BCUT2D eigenvalue weighted by Gasteiger charge is -2.26. The molecule has 174 valence electrons. The largest absolute Gasteiger partial charge is 0.497 e. The number of para-hydroxylation sites is 2. The molecule has 0 spiro atoms. The maximum absolute atomic E-state index is 13.0. The van der Waals surface area contributed by atoms with Gasteiger partial charge in [0, 0.05) is 12.5 Å². The van der Waals surface area contributed by atoms with Gasteiger partial charge < -0.3 is 20.4 Å².